The van der Waals surface area contributed by atoms with Gasteiger partial charge in [0.15, 0.2) is 0 Å². The zero-order valence-electron chi connectivity index (χ0n) is 11.4. The van der Waals surface area contributed by atoms with Crippen LogP contribution in [0.3, 0.4) is 0 Å². The number of likely N-dealkylation sites (N-methyl/N-ethyl adjacent to an activating group) is 1. The smallest absolute Gasteiger partial charge is 0.239 e. The average molecular weight is 255 g/mol. The minimum absolute atomic E-state index is 0.168. The number of hydrogen-bond donors (Lipinski definition) is 2. The Labute approximate surface area is 109 Å². The van der Waals surface area contributed by atoms with Crippen LogP contribution in [0.4, 0.5) is 0 Å². The number of nitrogens with one attached hydrogen (secondary N) is 1. The molecule has 18 heavy (non-hydrogen) atoms. The van der Waals surface area contributed by atoms with Crippen LogP contribution in [0.1, 0.15) is 26.7 Å². The molecule has 2 heterocycles. The summed E-state index contributed by atoms with van der Waals surface area (Å²) < 4.78 is 0. The summed E-state index contributed by atoms with van der Waals surface area (Å²) in [6, 6.07) is 0.339. The van der Waals surface area contributed by atoms with Gasteiger partial charge in [0, 0.05) is 25.7 Å². The van der Waals surface area contributed by atoms with Crippen LogP contribution < -0.4 is 5.32 Å². The van der Waals surface area contributed by atoms with E-state index >= 15 is 0 Å². The Morgan fingerprint density at radius 3 is 2.72 bits per heavy atom. The molecule has 0 aromatic heterocycles. The predicted molar refractivity (Wildman–Crippen MR) is 70.3 cm³/mol. The van der Waals surface area contributed by atoms with E-state index in [1.54, 1.807) is 0 Å². The van der Waals surface area contributed by atoms with Crippen LogP contribution in [-0.4, -0.2) is 71.7 Å². The number of likely N-dealkylation sites (tertiary alicyclic amines) is 1. The van der Waals surface area contributed by atoms with Crippen molar-refractivity contribution < 1.29 is 9.90 Å². The molecular weight excluding hydrogens is 230 g/mol. The molecule has 2 fully saturated rings. The summed E-state index contributed by atoms with van der Waals surface area (Å²) in [6.07, 6.45) is 1.27. The normalized spacial score (nSPS) is 32.4. The molecule has 5 nitrogen and oxygen atoms in total. The lowest BCUT2D eigenvalue weighted by Crippen LogP contribution is -2.44. The van der Waals surface area contributed by atoms with E-state index in [-0.39, 0.29) is 18.1 Å². The van der Waals surface area contributed by atoms with Gasteiger partial charge in [0.25, 0.3) is 0 Å². The van der Waals surface area contributed by atoms with Crippen molar-refractivity contribution in [1.29, 1.82) is 0 Å². The molecule has 2 N–H and O–H groups in total. The zero-order valence-corrected chi connectivity index (χ0v) is 11.4. The van der Waals surface area contributed by atoms with Gasteiger partial charge >= 0.3 is 0 Å². The zero-order chi connectivity index (χ0) is 13.1. The van der Waals surface area contributed by atoms with Gasteiger partial charge in [0.1, 0.15) is 0 Å². The van der Waals surface area contributed by atoms with E-state index in [1.165, 1.54) is 0 Å². The van der Waals surface area contributed by atoms with Gasteiger partial charge in [-0.1, -0.05) is 13.8 Å². The molecule has 104 valence electrons. The van der Waals surface area contributed by atoms with E-state index < -0.39 is 0 Å². The van der Waals surface area contributed by atoms with Crippen molar-refractivity contribution in [2.75, 3.05) is 32.7 Å². The first-order valence-corrected chi connectivity index (χ1v) is 7.10. The maximum absolute atomic E-state index is 12.3. The standard InChI is InChI=1S/C13H25N3O2/c1-3-15(4-2)10-5-6-16(9-10)13(18)12-7-11(17)8-14-12/h10-12,14,17H,3-9H2,1-2H3. The second-order valence-electron chi connectivity index (χ2n) is 5.30. The number of β-amino-alcohol motifs (C(OH)–C–C–N with tert-alkyl or cyclic N) is 1. The lowest BCUT2D eigenvalue weighted by atomic mass is 10.2. The third kappa shape index (κ3) is 2.84. The van der Waals surface area contributed by atoms with E-state index in [1.807, 2.05) is 4.90 Å². The van der Waals surface area contributed by atoms with Crippen LogP contribution in [0.2, 0.25) is 0 Å². The summed E-state index contributed by atoms with van der Waals surface area (Å²) in [5.74, 6) is 0.168. The average Bonchev–Trinajstić information content (AvgIpc) is 2.99. The molecule has 2 aliphatic rings. The van der Waals surface area contributed by atoms with Crippen LogP contribution in [0.15, 0.2) is 0 Å². The Balaban J connectivity index is 1.86. The third-order valence-electron chi connectivity index (χ3n) is 4.21. The summed E-state index contributed by atoms with van der Waals surface area (Å²) >= 11 is 0. The summed E-state index contributed by atoms with van der Waals surface area (Å²) in [5.41, 5.74) is 0. The fourth-order valence-electron chi connectivity index (χ4n) is 3.11. The molecule has 0 aliphatic carbocycles. The highest BCUT2D eigenvalue weighted by atomic mass is 16.3. The quantitative estimate of drug-likeness (QED) is 0.721. The molecule has 2 rings (SSSR count). The molecule has 3 atom stereocenters. The molecule has 0 radical (unpaired) electrons. The number of carbonyl (C=O) groups excluding carboxylic acids is 1. The van der Waals surface area contributed by atoms with Gasteiger partial charge in [0.05, 0.1) is 12.1 Å². The van der Waals surface area contributed by atoms with Gasteiger partial charge in [-0.05, 0) is 25.9 Å². The molecule has 0 aromatic rings. The van der Waals surface area contributed by atoms with Crippen molar-refractivity contribution >= 4 is 5.91 Å². The van der Waals surface area contributed by atoms with Crippen LogP contribution in [-0.2, 0) is 4.79 Å². The largest absolute Gasteiger partial charge is 0.392 e. The topological polar surface area (TPSA) is 55.8 Å². The van der Waals surface area contributed by atoms with Gasteiger partial charge < -0.3 is 15.3 Å². The first kappa shape index (κ1) is 13.8. The Kier molecular flexibility index (Phi) is 4.59. The first-order valence-electron chi connectivity index (χ1n) is 7.10. The summed E-state index contributed by atoms with van der Waals surface area (Å²) in [4.78, 5) is 16.6. The van der Waals surface area contributed by atoms with E-state index in [2.05, 4.69) is 24.1 Å². The van der Waals surface area contributed by atoms with Crippen LogP contribution >= 0.6 is 0 Å². The molecule has 5 heteroatoms. The monoisotopic (exact) mass is 255 g/mol. The molecule has 0 bridgehead atoms. The van der Waals surface area contributed by atoms with Gasteiger partial charge in [-0.25, -0.2) is 0 Å². The lowest BCUT2D eigenvalue weighted by Gasteiger charge is -2.26. The number of aliphatic hydroxyl groups is 1. The van der Waals surface area contributed by atoms with Gasteiger partial charge in [-0.2, -0.15) is 0 Å². The van der Waals surface area contributed by atoms with Gasteiger partial charge in [-0.15, -0.1) is 0 Å². The van der Waals surface area contributed by atoms with Crippen molar-refractivity contribution in [3.8, 4) is 0 Å². The van der Waals surface area contributed by atoms with Crippen molar-refractivity contribution in [3.05, 3.63) is 0 Å². The molecule has 0 aromatic carbocycles. The molecule has 3 unspecified atom stereocenters. The molecule has 0 saturated carbocycles. The fourth-order valence-corrected chi connectivity index (χ4v) is 3.11. The number of carbonyl (C=O) groups is 1. The van der Waals surface area contributed by atoms with E-state index in [4.69, 9.17) is 0 Å². The maximum Gasteiger partial charge on any atom is 0.239 e. The highest BCUT2D eigenvalue weighted by molar-refractivity contribution is 5.82. The Morgan fingerprint density at radius 2 is 2.17 bits per heavy atom. The first-order chi connectivity index (χ1) is 8.65. The number of nitrogens with zero attached hydrogens (tertiary/aromatic N) is 2. The van der Waals surface area contributed by atoms with Crippen LogP contribution in [0, 0.1) is 0 Å². The van der Waals surface area contributed by atoms with E-state index in [0.29, 0.717) is 19.0 Å². The summed E-state index contributed by atoms with van der Waals surface area (Å²) in [6.45, 7) is 8.67. The Morgan fingerprint density at radius 1 is 1.44 bits per heavy atom. The van der Waals surface area contributed by atoms with Gasteiger partial charge in [-0.3, -0.25) is 9.69 Å². The molecule has 1 amide bonds. The SMILES string of the molecule is CCN(CC)C1CCN(C(=O)C2CC(O)CN2)C1. The van der Waals surface area contributed by atoms with Crippen molar-refractivity contribution in [3.63, 3.8) is 0 Å². The molecular formula is C13H25N3O2. The molecule has 2 aliphatic heterocycles. The Hall–Kier alpha value is -0.650. The number of amides is 1. The van der Waals surface area contributed by atoms with Gasteiger partial charge in [0.2, 0.25) is 5.91 Å². The predicted octanol–water partition coefficient (Wildman–Crippen LogP) is -0.348. The highest BCUT2D eigenvalue weighted by Gasteiger charge is 2.35. The fraction of sp³-hybridized carbons (Fsp3) is 0.923. The van der Waals surface area contributed by atoms with E-state index in [9.17, 15) is 9.90 Å². The van der Waals surface area contributed by atoms with Crippen molar-refractivity contribution in [1.82, 2.24) is 15.1 Å². The third-order valence-corrected chi connectivity index (χ3v) is 4.21. The highest BCUT2D eigenvalue weighted by Crippen LogP contribution is 2.18. The maximum atomic E-state index is 12.3. The van der Waals surface area contributed by atoms with Crippen molar-refractivity contribution in [2.24, 2.45) is 0 Å². The Bertz CT molecular complexity index is 294. The molecule has 2 saturated heterocycles. The summed E-state index contributed by atoms with van der Waals surface area (Å²) in [7, 11) is 0. The molecule has 0 spiro atoms. The van der Waals surface area contributed by atoms with Crippen molar-refractivity contribution in [2.45, 2.75) is 44.9 Å². The lowest BCUT2D eigenvalue weighted by molar-refractivity contribution is -0.132. The minimum atomic E-state index is -0.361. The summed E-state index contributed by atoms with van der Waals surface area (Å²) in [5, 5.41) is 12.6. The number of aliphatic hydroxyl groups excluding tert-OH is 1. The van der Waals surface area contributed by atoms with Crippen LogP contribution in [0.25, 0.3) is 0 Å². The number of rotatable bonds is 4. The second-order valence-corrected chi connectivity index (χ2v) is 5.30. The minimum Gasteiger partial charge on any atom is -0.392 e. The van der Waals surface area contributed by atoms with E-state index in [0.717, 1.165) is 32.6 Å². The van der Waals surface area contributed by atoms with Crippen LogP contribution in [0.5, 0.6) is 0 Å². The second kappa shape index (κ2) is 5.99. The number of hydrogen-bond acceptors (Lipinski definition) is 4.